The van der Waals surface area contributed by atoms with Crippen LogP contribution in [-0.2, 0) is 9.53 Å². The molecule has 0 saturated heterocycles. The van der Waals surface area contributed by atoms with Crippen LogP contribution in [0.2, 0.25) is 0 Å². The molecule has 0 saturated carbocycles. The summed E-state index contributed by atoms with van der Waals surface area (Å²) in [7, 11) is 5.30. The van der Waals surface area contributed by atoms with Crippen molar-refractivity contribution in [1.82, 2.24) is 0 Å². The lowest BCUT2D eigenvalue weighted by molar-refractivity contribution is -0.152. The second-order valence-electron chi connectivity index (χ2n) is 7.25. The first kappa shape index (κ1) is 19.7. The lowest BCUT2D eigenvalue weighted by Gasteiger charge is -2.32. The van der Waals surface area contributed by atoms with Gasteiger partial charge in [0.05, 0.1) is 12.5 Å². The molecule has 0 radical (unpaired) electrons. The van der Waals surface area contributed by atoms with E-state index in [1.807, 2.05) is 87.4 Å². The lowest BCUT2D eigenvalue weighted by atomic mass is 9.72. The van der Waals surface area contributed by atoms with Gasteiger partial charge in [-0.05, 0) is 43.7 Å². The van der Waals surface area contributed by atoms with E-state index in [0.29, 0.717) is 5.56 Å². The van der Waals surface area contributed by atoms with Gasteiger partial charge in [-0.3, -0.25) is 9.59 Å². The number of rotatable bonds is 7. The van der Waals surface area contributed by atoms with Crippen molar-refractivity contribution in [2.45, 2.75) is 26.2 Å². The third-order valence-electron chi connectivity index (χ3n) is 4.88. The lowest BCUT2D eigenvalue weighted by Crippen LogP contribution is -2.34. The molecule has 2 rings (SSSR count). The molecule has 138 valence electrons. The van der Waals surface area contributed by atoms with Gasteiger partial charge in [-0.15, -0.1) is 0 Å². The predicted molar refractivity (Wildman–Crippen MR) is 105 cm³/mol. The summed E-state index contributed by atoms with van der Waals surface area (Å²) >= 11 is 0. The molecule has 0 aliphatic carbocycles. The summed E-state index contributed by atoms with van der Waals surface area (Å²) in [5.74, 6) is -0.569. The van der Waals surface area contributed by atoms with E-state index in [0.717, 1.165) is 11.3 Å². The van der Waals surface area contributed by atoms with Crippen molar-refractivity contribution in [1.29, 1.82) is 0 Å². The van der Waals surface area contributed by atoms with E-state index >= 15 is 0 Å². The summed E-state index contributed by atoms with van der Waals surface area (Å²) in [5, 5.41) is 0. The van der Waals surface area contributed by atoms with Gasteiger partial charge in [0.25, 0.3) is 0 Å². The van der Waals surface area contributed by atoms with Crippen LogP contribution in [0, 0.1) is 5.41 Å². The minimum atomic E-state index is -0.810. The van der Waals surface area contributed by atoms with Crippen molar-refractivity contribution in [3.8, 4) is 0 Å². The summed E-state index contributed by atoms with van der Waals surface area (Å²) in [5.41, 5.74) is 1.84. The number of hydrogen-bond donors (Lipinski definition) is 0. The van der Waals surface area contributed by atoms with Crippen LogP contribution in [0.1, 0.15) is 42.1 Å². The first-order valence-corrected chi connectivity index (χ1v) is 8.71. The molecule has 0 aromatic heterocycles. The van der Waals surface area contributed by atoms with E-state index < -0.39 is 5.41 Å². The van der Waals surface area contributed by atoms with Crippen LogP contribution < -0.4 is 4.90 Å². The Morgan fingerprint density at radius 2 is 1.58 bits per heavy atom. The number of nitrogens with zero attached hydrogens (tertiary/aromatic N) is 1. The molecule has 0 amide bonds. The Morgan fingerprint density at radius 3 is 2.08 bits per heavy atom. The quantitative estimate of drug-likeness (QED) is 0.550. The van der Waals surface area contributed by atoms with E-state index in [1.54, 1.807) is 0 Å². The fourth-order valence-corrected chi connectivity index (χ4v) is 3.13. The number of methoxy groups -OCH3 is 1. The van der Waals surface area contributed by atoms with E-state index in [-0.39, 0.29) is 24.1 Å². The van der Waals surface area contributed by atoms with E-state index in [2.05, 4.69) is 0 Å². The largest absolute Gasteiger partial charge is 0.469 e. The Balaban J connectivity index is 2.32. The van der Waals surface area contributed by atoms with Crippen LogP contribution >= 0.6 is 0 Å². The molecule has 2 aromatic rings. The van der Waals surface area contributed by atoms with Gasteiger partial charge in [-0.25, -0.2) is 0 Å². The Labute approximate surface area is 155 Å². The van der Waals surface area contributed by atoms with Gasteiger partial charge in [-0.1, -0.05) is 30.3 Å². The van der Waals surface area contributed by atoms with Crippen LogP contribution in [-0.4, -0.2) is 33.0 Å². The second-order valence-corrected chi connectivity index (χ2v) is 7.25. The van der Waals surface area contributed by atoms with E-state index in [1.165, 1.54) is 7.11 Å². The fourth-order valence-electron chi connectivity index (χ4n) is 3.13. The number of carbonyl (C=O) groups excluding carboxylic acids is 2. The average molecular weight is 353 g/mol. The molecule has 0 spiro atoms. The summed E-state index contributed by atoms with van der Waals surface area (Å²) in [4.78, 5) is 27.2. The average Bonchev–Trinajstić information content (AvgIpc) is 2.65. The second kappa shape index (κ2) is 8.17. The minimum Gasteiger partial charge on any atom is -0.469 e. The summed E-state index contributed by atoms with van der Waals surface area (Å²) in [6, 6.07) is 17.2. The normalized spacial score (nSPS) is 12.3. The number of anilines is 1. The molecule has 0 fully saturated rings. The standard InChI is InChI=1S/C22H27NO3/c1-22(2,21(25)26-5)19(16-9-7-6-8-10-16)15-20(24)17-11-13-18(14-12-17)23(3)4/h6-14,19H,15H2,1-5H3. The SMILES string of the molecule is COC(=O)C(C)(C)C(CC(=O)c1ccc(N(C)C)cc1)c1ccccc1. The van der Waals surface area contributed by atoms with Crippen molar-refractivity contribution >= 4 is 17.4 Å². The van der Waals surface area contributed by atoms with Crippen molar-refractivity contribution in [3.63, 3.8) is 0 Å². The van der Waals surface area contributed by atoms with Crippen LogP contribution in [0.3, 0.4) is 0 Å². The number of hydrogen-bond acceptors (Lipinski definition) is 4. The van der Waals surface area contributed by atoms with Crippen molar-refractivity contribution in [3.05, 3.63) is 65.7 Å². The number of ether oxygens (including phenoxy) is 1. The molecule has 1 atom stereocenters. The highest BCUT2D eigenvalue weighted by Crippen LogP contribution is 2.40. The van der Waals surface area contributed by atoms with Crippen molar-refractivity contribution in [2.24, 2.45) is 5.41 Å². The number of ketones is 1. The van der Waals surface area contributed by atoms with Gasteiger partial charge < -0.3 is 9.64 Å². The molecule has 0 N–H and O–H groups in total. The molecular weight excluding hydrogens is 326 g/mol. The zero-order valence-electron chi connectivity index (χ0n) is 16.2. The highest BCUT2D eigenvalue weighted by molar-refractivity contribution is 5.97. The van der Waals surface area contributed by atoms with Crippen LogP contribution in [0.15, 0.2) is 54.6 Å². The van der Waals surface area contributed by atoms with Gasteiger partial charge in [0.2, 0.25) is 0 Å². The van der Waals surface area contributed by atoms with Gasteiger partial charge >= 0.3 is 5.97 Å². The highest BCUT2D eigenvalue weighted by atomic mass is 16.5. The topological polar surface area (TPSA) is 46.6 Å². The maximum atomic E-state index is 12.9. The van der Waals surface area contributed by atoms with Crippen LogP contribution in [0.25, 0.3) is 0 Å². The molecule has 1 unspecified atom stereocenters. The molecule has 0 bridgehead atoms. The van der Waals surface area contributed by atoms with Gasteiger partial charge in [0.1, 0.15) is 0 Å². The molecule has 0 aliphatic rings. The zero-order chi connectivity index (χ0) is 19.3. The molecule has 4 nitrogen and oxygen atoms in total. The number of benzene rings is 2. The molecule has 0 heterocycles. The summed E-state index contributed by atoms with van der Waals surface area (Å²) < 4.78 is 4.99. The van der Waals surface area contributed by atoms with Crippen LogP contribution in [0.4, 0.5) is 5.69 Å². The zero-order valence-corrected chi connectivity index (χ0v) is 16.2. The third kappa shape index (κ3) is 4.31. The Morgan fingerprint density at radius 1 is 1.00 bits per heavy atom. The van der Waals surface area contributed by atoms with Gasteiger partial charge in [0, 0.05) is 37.7 Å². The number of Topliss-reactive ketones (excluding diaryl/α,β-unsaturated/α-hetero) is 1. The Hall–Kier alpha value is -2.62. The first-order chi connectivity index (χ1) is 12.3. The summed E-state index contributed by atoms with van der Waals surface area (Å²) in [6.45, 7) is 3.66. The third-order valence-corrected chi connectivity index (χ3v) is 4.88. The molecule has 4 heteroatoms. The van der Waals surface area contributed by atoms with Gasteiger partial charge in [-0.2, -0.15) is 0 Å². The molecular formula is C22H27NO3. The minimum absolute atomic E-state index is 0.0149. The number of carbonyl (C=O) groups is 2. The monoisotopic (exact) mass is 353 g/mol. The summed E-state index contributed by atoms with van der Waals surface area (Å²) in [6.07, 6.45) is 0.243. The molecule has 2 aromatic carbocycles. The smallest absolute Gasteiger partial charge is 0.311 e. The van der Waals surface area contributed by atoms with Crippen molar-refractivity contribution in [2.75, 3.05) is 26.1 Å². The maximum absolute atomic E-state index is 12.9. The fraction of sp³-hybridized carbons (Fsp3) is 0.364. The first-order valence-electron chi connectivity index (χ1n) is 8.71. The Kier molecular flexibility index (Phi) is 6.19. The van der Waals surface area contributed by atoms with E-state index in [4.69, 9.17) is 4.74 Å². The molecule has 0 aliphatic heterocycles. The number of esters is 1. The Bertz CT molecular complexity index is 749. The van der Waals surface area contributed by atoms with E-state index in [9.17, 15) is 9.59 Å². The van der Waals surface area contributed by atoms with Crippen LogP contribution in [0.5, 0.6) is 0 Å². The maximum Gasteiger partial charge on any atom is 0.311 e. The van der Waals surface area contributed by atoms with Gasteiger partial charge in [0.15, 0.2) is 5.78 Å². The van der Waals surface area contributed by atoms with Crippen molar-refractivity contribution < 1.29 is 14.3 Å². The predicted octanol–water partition coefficient (Wildman–Crippen LogP) is 4.31. The molecule has 26 heavy (non-hydrogen) atoms. The highest BCUT2D eigenvalue weighted by Gasteiger charge is 2.40.